The van der Waals surface area contributed by atoms with Crippen molar-refractivity contribution < 1.29 is 12.8 Å². The zero-order valence-electron chi connectivity index (χ0n) is 11.9. The van der Waals surface area contributed by atoms with E-state index in [1.165, 1.54) is 17.4 Å². The first-order valence-corrected chi connectivity index (χ1v) is 8.23. The van der Waals surface area contributed by atoms with Crippen molar-refractivity contribution in [3.63, 3.8) is 0 Å². The van der Waals surface area contributed by atoms with Gasteiger partial charge >= 0.3 is 0 Å². The van der Waals surface area contributed by atoms with Crippen LogP contribution in [0.5, 0.6) is 0 Å². The fourth-order valence-corrected chi connectivity index (χ4v) is 3.77. The Hall–Kier alpha value is -0.690. The van der Waals surface area contributed by atoms with Crippen molar-refractivity contribution in [1.29, 1.82) is 0 Å². The van der Waals surface area contributed by atoms with E-state index in [0.717, 1.165) is 12.5 Å². The minimum absolute atomic E-state index is 0.0904. The fraction of sp³-hybridized carbons (Fsp3) is 0.538. The Morgan fingerprint density at radius 3 is 2.55 bits per heavy atom. The predicted octanol–water partition coefficient (Wildman–Crippen LogP) is 2.75. The Balaban J connectivity index is 3.32. The number of rotatable bonds is 6. The molecule has 4 nitrogen and oxygen atoms in total. The standard InChI is InChI=1S/C13H20ClFN2O2S/c1-4-5-9(2)17(3)20(18,19)12-7-11(14)6-10(8-16)13(12)15/h6-7,9H,4-5,8,16H2,1-3H3. The van der Waals surface area contributed by atoms with E-state index in [0.29, 0.717) is 6.42 Å². The van der Waals surface area contributed by atoms with Crippen LogP contribution in [0.2, 0.25) is 5.02 Å². The molecule has 1 aromatic carbocycles. The van der Waals surface area contributed by atoms with Gasteiger partial charge in [-0.25, -0.2) is 12.8 Å². The highest BCUT2D eigenvalue weighted by Crippen LogP contribution is 2.27. The van der Waals surface area contributed by atoms with Crippen LogP contribution in [-0.2, 0) is 16.6 Å². The molecule has 0 aromatic heterocycles. The lowest BCUT2D eigenvalue weighted by Gasteiger charge is -2.24. The van der Waals surface area contributed by atoms with Gasteiger partial charge in [0.1, 0.15) is 10.7 Å². The van der Waals surface area contributed by atoms with Gasteiger partial charge in [-0.15, -0.1) is 0 Å². The summed E-state index contributed by atoms with van der Waals surface area (Å²) in [5.74, 6) is -0.826. The van der Waals surface area contributed by atoms with Crippen molar-refractivity contribution in [2.45, 2.75) is 44.2 Å². The maximum absolute atomic E-state index is 14.2. The molecule has 7 heteroatoms. The molecule has 0 heterocycles. The van der Waals surface area contributed by atoms with Crippen molar-refractivity contribution in [1.82, 2.24) is 4.31 Å². The van der Waals surface area contributed by atoms with Crippen LogP contribution in [0.4, 0.5) is 4.39 Å². The molecule has 0 saturated heterocycles. The lowest BCUT2D eigenvalue weighted by molar-refractivity contribution is 0.366. The third kappa shape index (κ3) is 3.49. The zero-order chi connectivity index (χ0) is 15.5. The molecular formula is C13H20ClFN2O2S. The first-order chi connectivity index (χ1) is 9.25. The summed E-state index contributed by atoms with van der Waals surface area (Å²) in [4.78, 5) is -0.420. The van der Waals surface area contributed by atoms with Crippen LogP contribution in [0.1, 0.15) is 32.3 Å². The van der Waals surface area contributed by atoms with E-state index in [-0.39, 0.29) is 23.2 Å². The van der Waals surface area contributed by atoms with E-state index < -0.39 is 20.7 Å². The van der Waals surface area contributed by atoms with Crippen molar-refractivity contribution in [2.75, 3.05) is 7.05 Å². The molecule has 0 amide bonds. The SMILES string of the molecule is CCCC(C)N(C)S(=O)(=O)c1cc(Cl)cc(CN)c1F. The Morgan fingerprint density at radius 1 is 1.45 bits per heavy atom. The Bertz CT molecular complexity index is 578. The highest BCUT2D eigenvalue weighted by atomic mass is 35.5. The molecule has 20 heavy (non-hydrogen) atoms. The van der Waals surface area contributed by atoms with Crippen LogP contribution < -0.4 is 5.73 Å². The zero-order valence-corrected chi connectivity index (χ0v) is 13.4. The summed E-state index contributed by atoms with van der Waals surface area (Å²) in [6.07, 6.45) is 1.54. The predicted molar refractivity (Wildman–Crippen MR) is 78.6 cm³/mol. The normalized spacial score (nSPS) is 13.8. The summed E-state index contributed by atoms with van der Waals surface area (Å²) in [7, 11) is -2.49. The topological polar surface area (TPSA) is 63.4 Å². The van der Waals surface area contributed by atoms with Crippen molar-refractivity contribution in [2.24, 2.45) is 5.73 Å². The average molecular weight is 323 g/mol. The number of benzene rings is 1. The van der Waals surface area contributed by atoms with Gasteiger partial charge in [-0.05, 0) is 25.5 Å². The molecule has 0 aliphatic heterocycles. The summed E-state index contributed by atoms with van der Waals surface area (Å²) in [6.45, 7) is 3.64. The quantitative estimate of drug-likeness (QED) is 0.876. The van der Waals surface area contributed by atoms with Gasteiger partial charge in [-0.1, -0.05) is 24.9 Å². The monoisotopic (exact) mass is 322 g/mol. The van der Waals surface area contributed by atoms with Gasteiger partial charge in [0.2, 0.25) is 10.0 Å². The van der Waals surface area contributed by atoms with E-state index in [4.69, 9.17) is 17.3 Å². The lowest BCUT2D eigenvalue weighted by atomic mass is 10.2. The van der Waals surface area contributed by atoms with Crippen LogP contribution in [0.25, 0.3) is 0 Å². The molecule has 1 unspecified atom stereocenters. The second kappa shape index (κ2) is 6.85. The highest BCUT2D eigenvalue weighted by molar-refractivity contribution is 7.89. The molecule has 1 rings (SSSR count). The molecule has 114 valence electrons. The molecular weight excluding hydrogens is 303 g/mol. The third-order valence-electron chi connectivity index (χ3n) is 3.28. The molecule has 1 atom stereocenters. The van der Waals surface area contributed by atoms with E-state index in [1.807, 2.05) is 6.92 Å². The van der Waals surface area contributed by atoms with Gasteiger partial charge in [0.15, 0.2) is 0 Å². The van der Waals surface area contributed by atoms with E-state index in [2.05, 4.69) is 0 Å². The van der Waals surface area contributed by atoms with Crippen molar-refractivity contribution in [3.8, 4) is 0 Å². The molecule has 0 aliphatic carbocycles. The maximum Gasteiger partial charge on any atom is 0.246 e. The number of hydrogen-bond donors (Lipinski definition) is 1. The summed E-state index contributed by atoms with van der Waals surface area (Å²) >= 11 is 5.85. The molecule has 2 N–H and O–H groups in total. The fourth-order valence-electron chi connectivity index (χ4n) is 1.95. The second-order valence-electron chi connectivity index (χ2n) is 4.74. The lowest BCUT2D eigenvalue weighted by Crippen LogP contribution is -2.35. The summed E-state index contributed by atoms with van der Waals surface area (Å²) in [5, 5.41) is 0.155. The van der Waals surface area contributed by atoms with Crippen LogP contribution >= 0.6 is 11.6 Å². The highest BCUT2D eigenvalue weighted by Gasteiger charge is 2.29. The number of halogens is 2. The van der Waals surface area contributed by atoms with E-state index >= 15 is 0 Å². The molecule has 0 fully saturated rings. The molecule has 0 aliphatic rings. The van der Waals surface area contributed by atoms with Gasteiger partial charge < -0.3 is 5.73 Å². The number of sulfonamides is 1. The molecule has 0 saturated carbocycles. The van der Waals surface area contributed by atoms with Gasteiger partial charge in [-0.2, -0.15) is 4.31 Å². The smallest absolute Gasteiger partial charge is 0.246 e. The van der Waals surface area contributed by atoms with Gasteiger partial charge in [0.05, 0.1) is 0 Å². The number of nitrogens with two attached hydrogens (primary N) is 1. The van der Waals surface area contributed by atoms with Crippen LogP contribution in [0, 0.1) is 5.82 Å². The second-order valence-corrected chi connectivity index (χ2v) is 7.14. The van der Waals surface area contributed by atoms with Gasteiger partial charge in [0.25, 0.3) is 0 Å². The van der Waals surface area contributed by atoms with Crippen LogP contribution in [-0.4, -0.2) is 25.8 Å². The largest absolute Gasteiger partial charge is 0.326 e. The minimum atomic E-state index is -3.93. The minimum Gasteiger partial charge on any atom is -0.326 e. The Morgan fingerprint density at radius 2 is 2.05 bits per heavy atom. The van der Waals surface area contributed by atoms with E-state index in [9.17, 15) is 12.8 Å². The summed E-state index contributed by atoms with van der Waals surface area (Å²) in [6, 6.07) is 2.25. The summed E-state index contributed by atoms with van der Waals surface area (Å²) in [5.41, 5.74) is 5.50. The van der Waals surface area contributed by atoms with Crippen molar-refractivity contribution >= 4 is 21.6 Å². The Labute approximate surface area is 124 Å². The van der Waals surface area contributed by atoms with Crippen molar-refractivity contribution in [3.05, 3.63) is 28.5 Å². The molecule has 0 radical (unpaired) electrons. The molecule has 1 aromatic rings. The van der Waals surface area contributed by atoms with Gasteiger partial charge in [-0.3, -0.25) is 0 Å². The maximum atomic E-state index is 14.2. The first-order valence-electron chi connectivity index (χ1n) is 6.41. The number of hydrogen-bond acceptors (Lipinski definition) is 3. The van der Waals surface area contributed by atoms with Gasteiger partial charge in [0, 0.05) is 30.2 Å². The third-order valence-corrected chi connectivity index (χ3v) is 5.47. The van der Waals surface area contributed by atoms with Crippen LogP contribution in [0.15, 0.2) is 17.0 Å². The summed E-state index contributed by atoms with van der Waals surface area (Å²) < 4.78 is 40.3. The first kappa shape index (κ1) is 17.4. The molecule has 0 spiro atoms. The molecule has 0 bridgehead atoms. The Kier molecular flexibility index (Phi) is 5.94. The van der Waals surface area contributed by atoms with Crippen LogP contribution in [0.3, 0.4) is 0 Å². The van der Waals surface area contributed by atoms with E-state index in [1.54, 1.807) is 6.92 Å². The average Bonchev–Trinajstić information content (AvgIpc) is 2.40. The number of nitrogens with zero attached hydrogens (tertiary/aromatic N) is 1.